The zero-order valence-electron chi connectivity index (χ0n) is 17.6. The van der Waals surface area contributed by atoms with E-state index >= 15 is 0 Å². The maximum atomic E-state index is 12.4. The predicted octanol–water partition coefficient (Wildman–Crippen LogP) is 4.49. The summed E-state index contributed by atoms with van der Waals surface area (Å²) in [6.45, 7) is 0. The van der Waals surface area contributed by atoms with Crippen molar-refractivity contribution in [3.63, 3.8) is 0 Å². The van der Waals surface area contributed by atoms with Crippen LogP contribution in [0.15, 0.2) is 101 Å². The number of fused-ring (bicyclic) bond motifs is 1. The molecule has 0 heterocycles. The number of sulfonamides is 1. The van der Waals surface area contributed by atoms with E-state index < -0.39 is 32.6 Å². The molecule has 0 aromatic heterocycles. The third-order valence-electron chi connectivity index (χ3n) is 4.77. The minimum atomic E-state index is -4.25. The molecule has 0 fully saturated rings. The summed E-state index contributed by atoms with van der Waals surface area (Å²) in [6.07, 6.45) is 0. The third kappa shape index (κ3) is 5.48. The molecule has 4 aromatic rings. The van der Waals surface area contributed by atoms with Crippen LogP contribution in [0.4, 0.5) is 10.5 Å². The van der Waals surface area contributed by atoms with Crippen molar-refractivity contribution in [2.24, 2.45) is 0 Å². The molecule has 10 heteroatoms. The maximum Gasteiger partial charge on any atom is 0.329 e. The average Bonchev–Trinajstić information content (AvgIpc) is 2.83. The Morgan fingerprint density at radius 2 is 1.47 bits per heavy atom. The fraction of sp³-hybridized carbons (Fsp3) is 0. The monoisotopic (exact) mass is 493 g/mol. The topological polar surface area (TPSA) is 125 Å². The van der Waals surface area contributed by atoms with Gasteiger partial charge in [0.05, 0.1) is 0 Å². The van der Waals surface area contributed by atoms with Gasteiger partial charge >= 0.3 is 6.03 Å². The molecule has 0 atom stereocenters. The molecule has 0 saturated heterocycles. The van der Waals surface area contributed by atoms with Gasteiger partial charge in [0.15, 0.2) is 0 Å². The van der Waals surface area contributed by atoms with Gasteiger partial charge in [0.25, 0.3) is 15.9 Å². The molecule has 0 bridgehead atoms. The molecule has 8 nitrogen and oxygen atoms in total. The minimum Gasteiger partial charge on any atom is -0.507 e. The van der Waals surface area contributed by atoms with Crippen LogP contribution < -0.4 is 14.8 Å². The average molecular weight is 494 g/mol. The number of rotatable bonds is 6. The molecule has 4 aromatic carbocycles. The van der Waals surface area contributed by atoms with Crippen molar-refractivity contribution >= 4 is 50.4 Å². The van der Waals surface area contributed by atoms with E-state index in [1.807, 2.05) is 47.2 Å². The number of phenolic OH excluding ortho intramolecular Hbond substituents is 1. The second-order valence-electron chi connectivity index (χ2n) is 7.15. The summed E-state index contributed by atoms with van der Waals surface area (Å²) in [5, 5.41) is 14.5. The van der Waals surface area contributed by atoms with Crippen LogP contribution in [0.25, 0.3) is 10.8 Å². The Hall–Kier alpha value is -4.02. The molecule has 0 spiro atoms. The van der Waals surface area contributed by atoms with Crippen LogP contribution in [0.2, 0.25) is 0 Å². The summed E-state index contributed by atoms with van der Waals surface area (Å²) in [5.41, 5.74) is 0.479. The number of urea groups is 1. The highest BCUT2D eigenvalue weighted by molar-refractivity contribution is 7.98. The highest BCUT2D eigenvalue weighted by atomic mass is 32.2. The number of carbonyl (C=O) groups excluding carboxylic acids is 2. The van der Waals surface area contributed by atoms with Gasteiger partial charge in [-0.25, -0.2) is 17.9 Å². The van der Waals surface area contributed by atoms with E-state index in [-0.39, 0.29) is 5.56 Å². The third-order valence-corrected chi connectivity index (χ3v) is 6.92. The van der Waals surface area contributed by atoms with Crippen molar-refractivity contribution in [2.75, 3.05) is 5.32 Å². The summed E-state index contributed by atoms with van der Waals surface area (Å²) < 4.78 is 29.3. The Morgan fingerprint density at radius 1 is 0.794 bits per heavy atom. The number of hydrogen-bond donors (Lipinski definition) is 4. The molecule has 34 heavy (non-hydrogen) atoms. The molecule has 172 valence electrons. The van der Waals surface area contributed by atoms with Crippen LogP contribution >= 0.6 is 11.9 Å². The van der Waals surface area contributed by atoms with Gasteiger partial charge in [-0.15, -0.1) is 0 Å². The van der Waals surface area contributed by atoms with Gasteiger partial charge in [-0.2, -0.15) is 0 Å². The Morgan fingerprint density at radius 3 is 2.21 bits per heavy atom. The lowest BCUT2D eigenvalue weighted by Crippen LogP contribution is -2.30. The number of phenols is 1. The SMILES string of the molecule is O=C(NSc1ccc2ccccc2c1)Nc1ccc(C(=O)NS(=O)(=O)c2ccccc2O)cc1. The summed E-state index contributed by atoms with van der Waals surface area (Å²) in [5.74, 6) is -1.33. The Bertz CT molecular complexity index is 1470. The van der Waals surface area contributed by atoms with Crippen molar-refractivity contribution in [3.05, 3.63) is 96.6 Å². The number of nitrogens with one attached hydrogen (secondary N) is 3. The number of amides is 3. The van der Waals surface area contributed by atoms with Crippen LogP contribution in [-0.2, 0) is 10.0 Å². The molecule has 4 N–H and O–H groups in total. The fourth-order valence-electron chi connectivity index (χ4n) is 3.12. The van der Waals surface area contributed by atoms with Gasteiger partial charge in [-0.1, -0.05) is 42.5 Å². The molecule has 4 rings (SSSR count). The Balaban J connectivity index is 1.34. The first-order chi connectivity index (χ1) is 16.3. The quantitative estimate of drug-likeness (QED) is 0.293. The van der Waals surface area contributed by atoms with Crippen molar-refractivity contribution in [2.45, 2.75) is 9.79 Å². The molecule has 3 amide bonds. The van der Waals surface area contributed by atoms with Gasteiger partial charge in [0, 0.05) is 16.1 Å². The highest BCUT2D eigenvalue weighted by Gasteiger charge is 2.21. The molecule has 0 aliphatic heterocycles. The van der Waals surface area contributed by atoms with E-state index in [4.69, 9.17) is 0 Å². The number of benzene rings is 4. The van der Waals surface area contributed by atoms with Gasteiger partial charge in [0.1, 0.15) is 10.6 Å². The number of anilines is 1. The van der Waals surface area contributed by atoms with Gasteiger partial charge in [0.2, 0.25) is 0 Å². The summed E-state index contributed by atoms with van der Waals surface area (Å²) in [6, 6.07) is 24.3. The standard InChI is InChI=1S/C24H19N3O5S2/c28-21-7-3-4-8-22(21)34(31,32)27-23(29)17-9-12-19(13-10-17)25-24(30)26-33-20-14-11-16-5-1-2-6-18(16)15-20/h1-15,28H,(H,27,29)(H2,25,26,30). The zero-order valence-corrected chi connectivity index (χ0v) is 19.2. The van der Waals surface area contributed by atoms with Crippen LogP contribution in [0, 0.1) is 0 Å². The van der Waals surface area contributed by atoms with E-state index in [0.29, 0.717) is 5.69 Å². The second-order valence-corrected chi connectivity index (χ2v) is 9.68. The van der Waals surface area contributed by atoms with Crippen LogP contribution in [0.3, 0.4) is 0 Å². The molecule has 0 saturated carbocycles. The maximum absolute atomic E-state index is 12.4. The van der Waals surface area contributed by atoms with E-state index in [9.17, 15) is 23.1 Å². The molecule has 0 aliphatic carbocycles. The first kappa shape index (κ1) is 23.1. The highest BCUT2D eigenvalue weighted by Crippen LogP contribution is 2.23. The number of hydrogen-bond acceptors (Lipinski definition) is 6. The largest absolute Gasteiger partial charge is 0.507 e. The van der Waals surface area contributed by atoms with Crippen LogP contribution in [-0.4, -0.2) is 25.5 Å². The summed E-state index contributed by atoms with van der Waals surface area (Å²) in [4.78, 5) is 25.0. The number of carbonyl (C=O) groups is 2. The smallest absolute Gasteiger partial charge is 0.329 e. The fourth-order valence-corrected chi connectivity index (χ4v) is 4.77. The number of aromatic hydroxyl groups is 1. The molecular formula is C24H19N3O5S2. The molecule has 0 unspecified atom stereocenters. The first-order valence-corrected chi connectivity index (χ1v) is 12.3. The summed E-state index contributed by atoms with van der Waals surface area (Å²) in [7, 11) is -4.25. The number of para-hydroxylation sites is 1. The summed E-state index contributed by atoms with van der Waals surface area (Å²) >= 11 is 1.16. The van der Waals surface area contributed by atoms with E-state index in [2.05, 4.69) is 10.0 Å². The predicted molar refractivity (Wildman–Crippen MR) is 131 cm³/mol. The molecular weight excluding hydrogens is 474 g/mol. The lowest BCUT2D eigenvalue weighted by atomic mass is 10.1. The van der Waals surface area contributed by atoms with Gasteiger partial charge in [-0.3, -0.25) is 9.52 Å². The first-order valence-electron chi connectivity index (χ1n) is 10.00. The van der Waals surface area contributed by atoms with E-state index in [1.54, 1.807) is 0 Å². The molecule has 0 radical (unpaired) electrons. The van der Waals surface area contributed by atoms with Crippen molar-refractivity contribution in [1.82, 2.24) is 9.44 Å². The van der Waals surface area contributed by atoms with Crippen LogP contribution in [0.1, 0.15) is 10.4 Å². The molecule has 0 aliphatic rings. The lowest BCUT2D eigenvalue weighted by molar-refractivity contribution is 0.0981. The van der Waals surface area contributed by atoms with Gasteiger partial charge in [-0.05, 0) is 71.3 Å². The van der Waals surface area contributed by atoms with E-state index in [0.717, 1.165) is 27.6 Å². The Kier molecular flexibility index (Phi) is 6.71. The van der Waals surface area contributed by atoms with Crippen LogP contribution in [0.5, 0.6) is 5.75 Å². The van der Waals surface area contributed by atoms with E-state index in [1.165, 1.54) is 48.5 Å². The Labute approximate surface area is 200 Å². The zero-order chi connectivity index (χ0) is 24.1. The van der Waals surface area contributed by atoms with Crippen molar-refractivity contribution < 1.29 is 23.1 Å². The van der Waals surface area contributed by atoms with Gasteiger partial charge < -0.3 is 10.4 Å². The minimum absolute atomic E-state index is 0.0653. The normalized spacial score (nSPS) is 11.1. The van der Waals surface area contributed by atoms with Crippen molar-refractivity contribution in [3.8, 4) is 5.75 Å². The second kappa shape index (κ2) is 9.86. The van der Waals surface area contributed by atoms with Crippen molar-refractivity contribution in [1.29, 1.82) is 0 Å². The lowest BCUT2D eigenvalue weighted by Gasteiger charge is -2.10.